The minimum absolute atomic E-state index is 0.0865. The maximum Gasteiger partial charge on any atom is 0.341 e. The van der Waals surface area contributed by atoms with E-state index in [1.807, 2.05) is 0 Å². The molecule has 0 atom stereocenters. The number of esters is 1. The number of rotatable bonds is 2. The Morgan fingerprint density at radius 2 is 2.00 bits per heavy atom. The average molecular weight is 320 g/mol. The highest BCUT2D eigenvalue weighted by Crippen LogP contribution is 2.39. The summed E-state index contributed by atoms with van der Waals surface area (Å²) in [6.45, 7) is 0. The summed E-state index contributed by atoms with van der Waals surface area (Å²) in [5.74, 6) is -1.22. The molecule has 1 aromatic heterocycles. The lowest BCUT2D eigenvalue weighted by atomic mass is 10.0. The molecule has 2 rings (SSSR count). The van der Waals surface area contributed by atoms with E-state index in [0.29, 0.717) is 11.1 Å². The molecule has 0 spiro atoms. The van der Waals surface area contributed by atoms with Crippen LogP contribution in [0.3, 0.4) is 0 Å². The maximum atomic E-state index is 13.5. The number of carbonyl (C=O) groups is 1. The normalized spacial score (nSPS) is 10.5. The maximum absolute atomic E-state index is 13.5. The average Bonchev–Trinajstić information content (AvgIpc) is 2.74. The van der Waals surface area contributed by atoms with Gasteiger partial charge in [-0.05, 0) is 12.1 Å². The lowest BCUT2D eigenvalue weighted by Gasteiger charge is -2.07. The molecule has 2 aromatic rings. The van der Waals surface area contributed by atoms with E-state index in [-0.39, 0.29) is 20.6 Å². The van der Waals surface area contributed by atoms with Crippen LogP contribution in [0.25, 0.3) is 11.1 Å². The van der Waals surface area contributed by atoms with Crippen molar-refractivity contribution in [1.29, 1.82) is 0 Å². The van der Waals surface area contributed by atoms with Crippen LogP contribution in [0.2, 0.25) is 10.0 Å². The van der Waals surface area contributed by atoms with Crippen LogP contribution in [0.1, 0.15) is 10.4 Å². The van der Waals surface area contributed by atoms with E-state index in [4.69, 9.17) is 28.9 Å². The lowest BCUT2D eigenvalue weighted by molar-refractivity contribution is 0.0603. The van der Waals surface area contributed by atoms with E-state index < -0.39 is 11.8 Å². The molecule has 0 bridgehead atoms. The van der Waals surface area contributed by atoms with Crippen LogP contribution in [0.5, 0.6) is 0 Å². The van der Waals surface area contributed by atoms with Crippen molar-refractivity contribution in [2.45, 2.75) is 0 Å². The molecule has 0 amide bonds. The molecule has 1 aromatic carbocycles. The first-order valence-electron chi connectivity index (χ1n) is 5.06. The SMILES string of the molecule is COC(=O)c1c(-c2cc(F)c(Cl)cc2Cl)csc1N. The first-order valence-corrected chi connectivity index (χ1v) is 6.69. The number of hydrogen-bond acceptors (Lipinski definition) is 4. The molecule has 3 nitrogen and oxygen atoms in total. The smallest absolute Gasteiger partial charge is 0.341 e. The summed E-state index contributed by atoms with van der Waals surface area (Å²) in [7, 11) is 1.24. The lowest BCUT2D eigenvalue weighted by Crippen LogP contribution is -2.04. The van der Waals surface area contributed by atoms with Crippen LogP contribution in [0.15, 0.2) is 17.5 Å². The second-order valence-corrected chi connectivity index (χ2v) is 5.35. The fourth-order valence-electron chi connectivity index (χ4n) is 1.61. The standard InChI is InChI=1S/C12H8Cl2FNO2S/c1-18-12(17)10-6(4-19-11(10)16)5-2-9(15)8(14)3-7(5)13/h2-4H,16H2,1H3. The second kappa shape index (κ2) is 5.36. The van der Waals surface area contributed by atoms with Gasteiger partial charge in [-0.1, -0.05) is 23.2 Å². The van der Waals surface area contributed by atoms with Crippen molar-refractivity contribution < 1.29 is 13.9 Å². The predicted octanol–water partition coefficient (Wildman–Crippen LogP) is 4.23. The van der Waals surface area contributed by atoms with Gasteiger partial charge in [0.05, 0.1) is 17.2 Å². The molecule has 1 heterocycles. The van der Waals surface area contributed by atoms with E-state index in [1.165, 1.54) is 19.2 Å². The third-order valence-corrected chi connectivity index (χ3v) is 3.92. The number of carbonyl (C=O) groups excluding carboxylic acids is 1. The van der Waals surface area contributed by atoms with Crippen LogP contribution in [-0.4, -0.2) is 13.1 Å². The molecule has 0 saturated carbocycles. The summed E-state index contributed by atoms with van der Waals surface area (Å²) < 4.78 is 18.2. The number of nitrogens with two attached hydrogens (primary N) is 1. The van der Waals surface area contributed by atoms with Crippen LogP contribution >= 0.6 is 34.5 Å². The number of methoxy groups -OCH3 is 1. The van der Waals surface area contributed by atoms with Crippen LogP contribution in [0.4, 0.5) is 9.39 Å². The van der Waals surface area contributed by atoms with Crippen molar-refractivity contribution in [2.75, 3.05) is 12.8 Å². The summed E-state index contributed by atoms with van der Waals surface area (Å²) in [5, 5.41) is 2.05. The van der Waals surface area contributed by atoms with Crippen LogP contribution < -0.4 is 5.73 Å². The molecule has 0 radical (unpaired) electrons. The Balaban J connectivity index is 2.66. The molecule has 2 N–H and O–H groups in total. The zero-order valence-corrected chi connectivity index (χ0v) is 12.0. The second-order valence-electron chi connectivity index (χ2n) is 3.63. The summed E-state index contributed by atoms with van der Waals surface area (Å²) in [6, 6.07) is 2.45. The zero-order chi connectivity index (χ0) is 14.2. The van der Waals surface area contributed by atoms with Crippen molar-refractivity contribution in [2.24, 2.45) is 0 Å². The monoisotopic (exact) mass is 319 g/mol. The molecule has 0 aliphatic heterocycles. The minimum Gasteiger partial charge on any atom is -0.465 e. The third-order valence-electron chi connectivity index (χ3n) is 2.51. The van der Waals surface area contributed by atoms with Gasteiger partial charge in [0.25, 0.3) is 0 Å². The van der Waals surface area contributed by atoms with E-state index in [0.717, 1.165) is 11.3 Å². The zero-order valence-electron chi connectivity index (χ0n) is 9.67. The van der Waals surface area contributed by atoms with Gasteiger partial charge in [0.15, 0.2) is 0 Å². The Morgan fingerprint density at radius 3 is 2.63 bits per heavy atom. The number of nitrogen functional groups attached to an aromatic ring is 1. The first kappa shape index (κ1) is 14.1. The van der Waals surface area contributed by atoms with E-state index in [2.05, 4.69) is 4.74 Å². The molecule has 0 unspecified atom stereocenters. The number of benzene rings is 1. The number of thiophene rings is 1. The predicted molar refractivity (Wildman–Crippen MR) is 75.5 cm³/mol. The van der Waals surface area contributed by atoms with Crippen molar-refractivity contribution in [3.8, 4) is 11.1 Å². The number of ether oxygens (including phenoxy) is 1. The van der Waals surface area contributed by atoms with E-state index in [9.17, 15) is 9.18 Å². The Hall–Kier alpha value is -1.30. The minimum atomic E-state index is -0.623. The first-order chi connectivity index (χ1) is 8.95. The van der Waals surface area contributed by atoms with Gasteiger partial charge >= 0.3 is 5.97 Å². The van der Waals surface area contributed by atoms with Crippen molar-refractivity contribution in [3.63, 3.8) is 0 Å². The Labute approximate surface area is 122 Å². The largest absolute Gasteiger partial charge is 0.465 e. The summed E-state index contributed by atoms with van der Waals surface area (Å²) in [4.78, 5) is 11.7. The quantitative estimate of drug-likeness (QED) is 0.665. The van der Waals surface area contributed by atoms with Gasteiger partial charge in [0.2, 0.25) is 0 Å². The van der Waals surface area contributed by atoms with Gasteiger partial charge in [-0.2, -0.15) is 0 Å². The van der Waals surface area contributed by atoms with Gasteiger partial charge in [0, 0.05) is 16.5 Å². The highest BCUT2D eigenvalue weighted by molar-refractivity contribution is 7.15. The summed E-state index contributed by atoms with van der Waals surface area (Å²) in [5.41, 5.74) is 6.68. The van der Waals surface area contributed by atoms with E-state index in [1.54, 1.807) is 5.38 Å². The molecule has 19 heavy (non-hydrogen) atoms. The fourth-order valence-corrected chi connectivity index (χ4v) is 2.90. The fraction of sp³-hybridized carbons (Fsp3) is 0.0833. The Bertz CT molecular complexity index is 657. The van der Waals surface area contributed by atoms with Crippen molar-refractivity contribution in [1.82, 2.24) is 0 Å². The van der Waals surface area contributed by atoms with Gasteiger partial charge in [-0.25, -0.2) is 9.18 Å². The molecular formula is C12H8Cl2FNO2S. The molecule has 0 fully saturated rings. The molecule has 0 aliphatic carbocycles. The van der Waals surface area contributed by atoms with Crippen molar-refractivity contribution >= 4 is 45.5 Å². The Morgan fingerprint density at radius 1 is 1.32 bits per heavy atom. The van der Waals surface area contributed by atoms with Gasteiger partial charge in [0.1, 0.15) is 16.4 Å². The molecule has 0 aliphatic rings. The highest BCUT2D eigenvalue weighted by atomic mass is 35.5. The summed E-state index contributed by atoms with van der Waals surface area (Å²) in [6.07, 6.45) is 0. The van der Waals surface area contributed by atoms with Crippen LogP contribution in [-0.2, 0) is 4.74 Å². The molecule has 7 heteroatoms. The van der Waals surface area contributed by atoms with Crippen molar-refractivity contribution in [3.05, 3.63) is 38.9 Å². The topological polar surface area (TPSA) is 52.3 Å². The Kier molecular flexibility index (Phi) is 3.99. The number of hydrogen-bond donors (Lipinski definition) is 1. The molecule has 0 saturated heterocycles. The third kappa shape index (κ3) is 2.54. The molecule has 100 valence electrons. The van der Waals surface area contributed by atoms with E-state index >= 15 is 0 Å². The van der Waals surface area contributed by atoms with Gasteiger partial charge < -0.3 is 10.5 Å². The molecular weight excluding hydrogens is 312 g/mol. The number of anilines is 1. The van der Waals surface area contributed by atoms with Crippen LogP contribution in [0, 0.1) is 5.82 Å². The van der Waals surface area contributed by atoms with Gasteiger partial charge in [-0.3, -0.25) is 0 Å². The van der Waals surface area contributed by atoms with Gasteiger partial charge in [-0.15, -0.1) is 11.3 Å². The highest BCUT2D eigenvalue weighted by Gasteiger charge is 2.21. The number of halogens is 3. The summed E-state index contributed by atoms with van der Waals surface area (Å²) >= 11 is 12.8.